The molecular weight excluding hydrogens is 535 g/mol. The zero-order chi connectivity index (χ0) is 27.4. The first-order valence-electron chi connectivity index (χ1n) is 13.3. The molecule has 3 aliphatic heterocycles. The Hall–Kier alpha value is -3.49. The minimum Gasteiger partial charge on any atom is -0.497 e. The van der Waals surface area contributed by atoms with Crippen LogP contribution in [0.1, 0.15) is 31.1 Å². The molecule has 0 amide bonds. The highest BCUT2D eigenvalue weighted by Gasteiger charge is 2.43. The van der Waals surface area contributed by atoms with Gasteiger partial charge in [-0.25, -0.2) is 0 Å². The Kier molecular flexibility index (Phi) is 7.98. The molecule has 3 aromatic carbocycles. The number of phosphoric ester groups is 1. The highest BCUT2D eigenvalue weighted by molar-refractivity contribution is 7.49. The minimum atomic E-state index is -4.15. The van der Waals surface area contributed by atoms with Gasteiger partial charge >= 0.3 is 7.82 Å². The number of phosphoric acid groups is 1. The number of ether oxygens (including phenoxy) is 5. The third-order valence-corrected chi connectivity index (χ3v) is 8.19. The molecule has 0 spiro atoms. The Morgan fingerprint density at radius 3 is 2.00 bits per heavy atom. The lowest BCUT2D eigenvalue weighted by Crippen LogP contribution is -2.43. The lowest BCUT2D eigenvalue weighted by molar-refractivity contribution is -0.271. The molecule has 2 saturated heterocycles. The summed E-state index contributed by atoms with van der Waals surface area (Å²) in [4.78, 5) is 0. The number of rotatable bonds is 8. The van der Waals surface area contributed by atoms with Crippen molar-refractivity contribution in [2.75, 3.05) is 13.7 Å². The monoisotopic (exact) mass is 566 g/mol. The third-order valence-electron chi connectivity index (χ3n) is 6.92. The van der Waals surface area contributed by atoms with E-state index in [4.69, 9.17) is 37.3 Å². The maximum atomic E-state index is 13.8. The summed E-state index contributed by atoms with van der Waals surface area (Å²) in [6.45, 7) is 0.405. The van der Waals surface area contributed by atoms with Gasteiger partial charge in [0.05, 0.1) is 25.9 Å². The van der Waals surface area contributed by atoms with E-state index >= 15 is 0 Å². The summed E-state index contributed by atoms with van der Waals surface area (Å²) in [6.07, 6.45) is 2.16. The fourth-order valence-electron chi connectivity index (χ4n) is 4.92. The van der Waals surface area contributed by atoms with Crippen LogP contribution < -0.4 is 13.8 Å². The number of hydrogen-bond donors (Lipinski definition) is 0. The van der Waals surface area contributed by atoms with E-state index in [0.717, 1.165) is 11.3 Å². The molecule has 5 atom stereocenters. The van der Waals surface area contributed by atoms with Crippen LogP contribution in [0.2, 0.25) is 0 Å². The lowest BCUT2D eigenvalue weighted by atomic mass is 10.0. The molecule has 0 unspecified atom stereocenters. The standard InChI is InChI=1S/C30H31O9P/c1-32-22-14-12-21(13-15-22)30-33-20-28-27(36-30)17-16-26-25(34-28)18-19-29(35-26)39-40(31,37-23-8-4-2-5-9-23)38-24-10-6-3-7-11-24/h2-15,19,25-28,30H,16-18,20H2,1H3/t25-,26+,27-,28+,30+/m0/s1. The second-order valence-corrected chi connectivity index (χ2v) is 11.1. The van der Waals surface area contributed by atoms with Gasteiger partial charge in [0.25, 0.3) is 5.95 Å². The first-order chi connectivity index (χ1) is 19.6. The molecule has 0 N–H and O–H groups in total. The van der Waals surface area contributed by atoms with Crippen LogP contribution in [0.5, 0.6) is 17.2 Å². The van der Waals surface area contributed by atoms with Gasteiger partial charge in [0.1, 0.15) is 29.5 Å². The van der Waals surface area contributed by atoms with Crippen molar-refractivity contribution in [1.82, 2.24) is 0 Å². The molecule has 0 aliphatic carbocycles. The van der Waals surface area contributed by atoms with Crippen molar-refractivity contribution >= 4 is 7.82 Å². The molecule has 0 saturated carbocycles. The third kappa shape index (κ3) is 6.29. The fourth-order valence-corrected chi connectivity index (χ4v) is 6.13. The lowest BCUT2D eigenvalue weighted by Gasteiger charge is -2.37. The molecule has 3 heterocycles. The summed E-state index contributed by atoms with van der Waals surface area (Å²) in [5.74, 6) is 1.55. The quantitative estimate of drug-likeness (QED) is 0.281. The van der Waals surface area contributed by atoms with E-state index in [1.807, 2.05) is 36.4 Å². The maximum Gasteiger partial charge on any atom is 0.649 e. The van der Waals surface area contributed by atoms with Crippen molar-refractivity contribution in [3.8, 4) is 17.2 Å². The number of benzene rings is 3. The van der Waals surface area contributed by atoms with Crippen LogP contribution in [0.4, 0.5) is 0 Å². The minimum absolute atomic E-state index is 0.0817. The van der Waals surface area contributed by atoms with Crippen molar-refractivity contribution in [3.63, 3.8) is 0 Å². The van der Waals surface area contributed by atoms with Gasteiger partial charge in [0.2, 0.25) is 0 Å². The zero-order valence-corrected chi connectivity index (χ0v) is 22.9. The normalized spacial score (nSPS) is 26.1. The van der Waals surface area contributed by atoms with Crippen LogP contribution in [-0.2, 0) is 28.0 Å². The highest BCUT2D eigenvalue weighted by atomic mass is 31.2. The van der Waals surface area contributed by atoms with Crippen molar-refractivity contribution < 1.29 is 41.8 Å². The van der Waals surface area contributed by atoms with Crippen LogP contribution in [0, 0.1) is 0 Å². The highest BCUT2D eigenvalue weighted by Crippen LogP contribution is 2.52. The van der Waals surface area contributed by atoms with Gasteiger partial charge < -0.3 is 37.3 Å². The number of para-hydroxylation sites is 2. The van der Waals surface area contributed by atoms with Crippen LogP contribution in [0.3, 0.4) is 0 Å². The Morgan fingerprint density at radius 1 is 0.700 bits per heavy atom. The van der Waals surface area contributed by atoms with Crippen molar-refractivity contribution in [1.29, 1.82) is 0 Å². The van der Waals surface area contributed by atoms with E-state index in [1.54, 1.807) is 61.7 Å². The van der Waals surface area contributed by atoms with Gasteiger partial charge in [-0.3, -0.25) is 0 Å². The van der Waals surface area contributed by atoms with Gasteiger partial charge in [-0.15, -0.1) is 0 Å². The van der Waals surface area contributed by atoms with Crippen molar-refractivity contribution in [2.24, 2.45) is 0 Å². The van der Waals surface area contributed by atoms with Crippen molar-refractivity contribution in [2.45, 2.75) is 50.0 Å². The molecule has 9 nitrogen and oxygen atoms in total. The van der Waals surface area contributed by atoms with Crippen LogP contribution in [-0.4, -0.2) is 38.1 Å². The van der Waals surface area contributed by atoms with Crippen LogP contribution in [0.25, 0.3) is 0 Å². The van der Waals surface area contributed by atoms with Gasteiger partial charge in [-0.2, -0.15) is 4.57 Å². The smallest absolute Gasteiger partial charge is 0.497 e. The summed E-state index contributed by atoms with van der Waals surface area (Å²) >= 11 is 0. The predicted molar refractivity (Wildman–Crippen MR) is 145 cm³/mol. The Labute approximate surface area is 233 Å². The Bertz CT molecular complexity index is 1290. The average Bonchev–Trinajstić information content (AvgIpc) is 3.16. The van der Waals surface area contributed by atoms with Gasteiger partial charge in [-0.05, 0) is 55.3 Å². The van der Waals surface area contributed by atoms with Gasteiger partial charge in [0.15, 0.2) is 6.29 Å². The predicted octanol–water partition coefficient (Wildman–Crippen LogP) is 6.57. The molecule has 2 fully saturated rings. The van der Waals surface area contributed by atoms with Crippen LogP contribution >= 0.6 is 7.82 Å². The summed E-state index contributed by atoms with van der Waals surface area (Å²) in [5.41, 5.74) is 0.919. The van der Waals surface area contributed by atoms with Gasteiger partial charge in [0, 0.05) is 12.0 Å². The molecular formula is C30H31O9P. The molecule has 0 aromatic heterocycles. The van der Waals surface area contributed by atoms with Crippen molar-refractivity contribution in [3.05, 3.63) is 103 Å². The van der Waals surface area contributed by atoms with E-state index < -0.39 is 14.1 Å². The van der Waals surface area contributed by atoms with Crippen LogP contribution in [0.15, 0.2) is 97.0 Å². The molecule has 3 aromatic rings. The molecule has 3 aliphatic rings. The fraction of sp³-hybridized carbons (Fsp3) is 0.333. The topological polar surface area (TPSA) is 90.9 Å². The zero-order valence-electron chi connectivity index (χ0n) is 22.0. The second-order valence-electron chi connectivity index (χ2n) is 9.67. The van der Waals surface area contributed by atoms with E-state index in [2.05, 4.69) is 0 Å². The van der Waals surface area contributed by atoms with E-state index in [-0.39, 0.29) is 30.4 Å². The molecule has 10 heteroatoms. The molecule has 0 radical (unpaired) electrons. The maximum absolute atomic E-state index is 13.8. The van der Waals surface area contributed by atoms with E-state index in [0.29, 0.717) is 37.4 Å². The average molecular weight is 567 g/mol. The van der Waals surface area contributed by atoms with E-state index in [9.17, 15) is 4.57 Å². The SMILES string of the molecule is COc1ccc([C@@H]2OC[C@H]3O[C@H]4CC=C(OP(=O)(Oc5ccccc5)Oc5ccccc5)O[C@@H]4CC[C@@H]3O2)cc1. The molecule has 6 rings (SSSR count). The largest absolute Gasteiger partial charge is 0.649 e. The van der Waals surface area contributed by atoms with Gasteiger partial charge in [-0.1, -0.05) is 48.5 Å². The summed E-state index contributed by atoms with van der Waals surface area (Å²) in [5, 5.41) is 0. The Balaban J connectivity index is 1.12. The number of fused-ring (bicyclic) bond motifs is 2. The summed E-state index contributed by atoms with van der Waals surface area (Å²) < 4.78 is 61.2. The second kappa shape index (κ2) is 11.9. The first kappa shape index (κ1) is 26.7. The molecule has 40 heavy (non-hydrogen) atoms. The number of methoxy groups -OCH3 is 1. The Morgan fingerprint density at radius 2 is 1.35 bits per heavy atom. The molecule has 210 valence electrons. The molecule has 0 bridgehead atoms. The summed E-state index contributed by atoms with van der Waals surface area (Å²) in [7, 11) is -2.52. The first-order valence-corrected chi connectivity index (χ1v) is 14.8. The van der Waals surface area contributed by atoms with E-state index in [1.165, 1.54) is 0 Å². The summed E-state index contributed by atoms with van der Waals surface area (Å²) in [6, 6.07) is 25.1. The number of hydrogen-bond acceptors (Lipinski definition) is 9.